The lowest BCUT2D eigenvalue weighted by atomic mass is 9.93. The summed E-state index contributed by atoms with van der Waals surface area (Å²) in [6, 6.07) is 1.67. The quantitative estimate of drug-likeness (QED) is 0.793. The summed E-state index contributed by atoms with van der Waals surface area (Å²) < 4.78 is 30.0. The topological polar surface area (TPSA) is 101 Å². The van der Waals surface area contributed by atoms with E-state index in [9.17, 15) is 13.2 Å². The number of carbonyl (C=O) groups is 1. The molecule has 2 heterocycles. The highest BCUT2D eigenvalue weighted by Gasteiger charge is 2.27. The van der Waals surface area contributed by atoms with Crippen LogP contribution in [-0.2, 0) is 20.0 Å². The van der Waals surface area contributed by atoms with E-state index in [0.717, 1.165) is 25.9 Å². The average Bonchev–Trinajstić information content (AvgIpc) is 2.95. The van der Waals surface area contributed by atoms with Gasteiger partial charge in [-0.25, -0.2) is 8.42 Å². The minimum Gasteiger partial charge on any atom is -0.359 e. The first-order valence-electron chi connectivity index (χ1n) is 8.76. The van der Waals surface area contributed by atoms with Crippen molar-refractivity contribution in [2.24, 2.45) is 11.8 Å². The second-order valence-electron chi connectivity index (χ2n) is 7.99. The van der Waals surface area contributed by atoms with Crippen LogP contribution in [0.1, 0.15) is 46.3 Å². The summed E-state index contributed by atoms with van der Waals surface area (Å²) in [6.07, 6.45) is 1.74. The molecule has 1 aromatic heterocycles. The molecule has 1 atom stereocenters. The molecule has 0 radical (unpaired) electrons. The van der Waals surface area contributed by atoms with Crippen LogP contribution >= 0.6 is 0 Å². The van der Waals surface area contributed by atoms with Crippen molar-refractivity contribution in [1.29, 1.82) is 0 Å². The number of hydrogen-bond acceptors (Lipinski definition) is 6. The highest BCUT2D eigenvalue weighted by atomic mass is 32.2. The van der Waals surface area contributed by atoms with Gasteiger partial charge in [0.1, 0.15) is 5.76 Å². The van der Waals surface area contributed by atoms with E-state index in [4.69, 9.17) is 4.52 Å². The monoisotopic (exact) mass is 371 g/mol. The Kier molecular flexibility index (Phi) is 6.26. The third kappa shape index (κ3) is 6.11. The molecule has 0 bridgehead atoms. The molecule has 2 rings (SSSR count). The van der Waals surface area contributed by atoms with Gasteiger partial charge in [-0.2, -0.15) is 0 Å². The van der Waals surface area contributed by atoms with Crippen LogP contribution in [0.25, 0.3) is 0 Å². The van der Waals surface area contributed by atoms with Gasteiger partial charge in [-0.3, -0.25) is 4.79 Å². The molecule has 1 fully saturated rings. The van der Waals surface area contributed by atoms with Gasteiger partial charge in [0, 0.05) is 17.4 Å². The molecular weight excluding hydrogens is 342 g/mol. The first-order valence-corrected chi connectivity index (χ1v) is 10.6. The van der Waals surface area contributed by atoms with Crippen molar-refractivity contribution in [2.75, 3.05) is 29.9 Å². The van der Waals surface area contributed by atoms with E-state index in [0.29, 0.717) is 11.6 Å². The van der Waals surface area contributed by atoms with Crippen LogP contribution in [-0.4, -0.2) is 44.1 Å². The molecule has 0 aliphatic carbocycles. The van der Waals surface area contributed by atoms with Gasteiger partial charge in [0.15, 0.2) is 15.7 Å². The van der Waals surface area contributed by atoms with Gasteiger partial charge >= 0.3 is 0 Å². The zero-order valence-corrected chi connectivity index (χ0v) is 16.3. The number of piperidine rings is 1. The number of hydrogen-bond donors (Lipinski definition) is 2. The van der Waals surface area contributed by atoms with Gasteiger partial charge in [-0.05, 0) is 31.8 Å². The fourth-order valence-electron chi connectivity index (χ4n) is 2.87. The Hall–Kier alpha value is -1.41. The molecule has 25 heavy (non-hydrogen) atoms. The number of anilines is 1. The Labute approximate surface area is 149 Å². The molecule has 1 saturated heterocycles. The van der Waals surface area contributed by atoms with Crippen LogP contribution in [0.3, 0.4) is 0 Å². The van der Waals surface area contributed by atoms with Crippen LogP contribution in [0.4, 0.5) is 5.82 Å². The maximum absolute atomic E-state index is 12.4. The number of carbonyl (C=O) groups excluding carboxylic acids is 1. The zero-order valence-electron chi connectivity index (χ0n) is 15.5. The number of sulfone groups is 1. The van der Waals surface area contributed by atoms with Crippen molar-refractivity contribution in [3.05, 3.63) is 11.8 Å². The van der Waals surface area contributed by atoms with Crippen molar-refractivity contribution in [3.8, 4) is 0 Å². The van der Waals surface area contributed by atoms with Crippen molar-refractivity contribution in [2.45, 2.75) is 46.0 Å². The van der Waals surface area contributed by atoms with E-state index in [-0.39, 0.29) is 28.7 Å². The Morgan fingerprint density at radius 3 is 2.60 bits per heavy atom. The maximum Gasteiger partial charge on any atom is 0.229 e. The third-order valence-corrected chi connectivity index (χ3v) is 6.39. The Bertz CT molecular complexity index is 685. The number of nitrogens with one attached hydrogen (secondary N) is 2. The summed E-state index contributed by atoms with van der Waals surface area (Å²) >= 11 is 0. The molecule has 1 amide bonds. The lowest BCUT2D eigenvalue weighted by molar-refractivity contribution is -0.118. The first kappa shape index (κ1) is 19.9. The minimum absolute atomic E-state index is 0.146. The highest BCUT2D eigenvalue weighted by Crippen LogP contribution is 2.24. The number of rotatable bonds is 6. The Balaban J connectivity index is 1.89. The van der Waals surface area contributed by atoms with Gasteiger partial charge in [0.05, 0.1) is 11.5 Å². The summed E-state index contributed by atoms with van der Waals surface area (Å²) in [5.41, 5.74) is -0.209. The largest absolute Gasteiger partial charge is 0.359 e. The van der Waals surface area contributed by atoms with Crippen LogP contribution in [0.15, 0.2) is 10.6 Å². The first-order chi connectivity index (χ1) is 11.6. The second kappa shape index (κ2) is 7.86. The molecule has 1 aliphatic heterocycles. The van der Waals surface area contributed by atoms with Crippen LogP contribution in [0.2, 0.25) is 0 Å². The third-order valence-electron chi connectivity index (χ3n) is 4.40. The molecule has 1 aliphatic rings. The minimum atomic E-state index is -3.27. The fourth-order valence-corrected chi connectivity index (χ4v) is 4.97. The van der Waals surface area contributed by atoms with E-state index >= 15 is 0 Å². The number of aromatic nitrogens is 1. The summed E-state index contributed by atoms with van der Waals surface area (Å²) in [7, 11) is -3.27. The SMILES string of the molecule is CC(CS(=O)(=O)CC1CCNCC1)C(=O)Nc1cc(C(C)(C)C)on1. The Morgan fingerprint density at radius 1 is 1.40 bits per heavy atom. The average molecular weight is 372 g/mol. The van der Waals surface area contributed by atoms with Gasteiger partial charge in [0.25, 0.3) is 0 Å². The maximum atomic E-state index is 12.4. The van der Waals surface area contributed by atoms with Crippen molar-refractivity contribution >= 4 is 21.6 Å². The predicted molar refractivity (Wildman–Crippen MR) is 97.2 cm³/mol. The molecule has 0 saturated carbocycles. The standard InChI is InChI=1S/C17H29N3O4S/c1-12(10-25(22,23)11-13-5-7-18-8-6-13)16(21)19-15-9-14(24-20-15)17(2,3)4/h9,12-13,18H,5-8,10-11H2,1-4H3,(H,19,20,21). The summed E-state index contributed by atoms with van der Waals surface area (Å²) in [5, 5.41) is 9.70. The molecule has 2 N–H and O–H groups in total. The van der Waals surface area contributed by atoms with Gasteiger partial charge in [-0.1, -0.05) is 32.9 Å². The van der Waals surface area contributed by atoms with Crippen molar-refractivity contribution < 1.29 is 17.7 Å². The number of nitrogens with zero attached hydrogens (tertiary/aromatic N) is 1. The molecular formula is C17H29N3O4S. The predicted octanol–water partition coefficient (Wildman–Crippen LogP) is 1.96. The molecule has 1 aromatic rings. The zero-order chi connectivity index (χ0) is 18.7. The van der Waals surface area contributed by atoms with E-state index < -0.39 is 15.8 Å². The van der Waals surface area contributed by atoms with Crippen LogP contribution < -0.4 is 10.6 Å². The lowest BCUT2D eigenvalue weighted by Crippen LogP contribution is -2.34. The molecule has 142 valence electrons. The van der Waals surface area contributed by atoms with Gasteiger partial charge in [0.2, 0.25) is 5.91 Å². The van der Waals surface area contributed by atoms with Gasteiger partial charge in [-0.15, -0.1) is 0 Å². The molecule has 1 unspecified atom stereocenters. The van der Waals surface area contributed by atoms with Crippen LogP contribution in [0.5, 0.6) is 0 Å². The summed E-state index contributed by atoms with van der Waals surface area (Å²) in [6.45, 7) is 9.29. The second-order valence-corrected chi connectivity index (χ2v) is 10.1. The summed E-state index contributed by atoms with van der Waals surface area (Å²) in [5.74, 6) is 0.180. The smallest absolute Gasteiger partial charge is 0.229 e. The highest BCUT2D eigenvalue weighted by molar-refractivity contribution is 7.91. The van der Waals surface area contributed by atoms with Crippen molar-refractivity contribution in [1.82, 2.24) is 10.5 Å². The summed E-state index contributed by atoms with van der Waals surface area (Å²) in [4.78, 5) is 12.3. The van der Waals surface area contributed by atoms with E-state index in [1.807, 2.05) is 20.8 Å². The normalized spacial score (nSPS) is 18.1. The molecule has 0 spiro atoms. The van der Waals surface area contributed by atoms with Crippen LogP contribution in [0, 0.1) is 11.8 Å². The van der Waals surface area contributed by atoms with Crippen molar-refractivity contribution in [3.63, 3.8) is 0 Å². The van der Waals surface area contributed by atoms with Gasteiger partial charge < -0.3 is 15.2 Å². The number of amides is 1. The van der Waals surface area contributed by atoms with E-state index in [1.165, 1.54) is 0 Å². The molecule has 0 aromatic carbocycles. The van der Waals surface area contributed by atoms with E-state index in [1.54, 1.807) is 13.0 Å². The molecule has 8 heteroatoms. The molecule has 7 nitrogen and oxygen atoms in total. The fraction of sp³-hybridized carbons (Fsp3) is 0.765. The Morgan fingerprint density at radius 2 is 2.04 bits per heavy atom. The van der Waals surface area contributed by atoms with E-state index in [2.05, 4.69) is 15.8 Å². The lowest BCUT2D eigenvalue weighted by Gasteiger charge is -2.22.